The Labute approximate surface area is 216 Å². The second-order valence-electron chi connectivity index (χ2n) is 7.87. The molecule has 182 valence electrons. The molecule has 3 aromatic heterocycles. The van der Waals surface area contributed by atoms with Crippen molar-refractivity contribution < 1.29 is 13.2 Å². The minimum Gasteiger partial charge on any atom is -0.497 e. The van der Waals surface area contributed by atoms with Crippen LogP contribution in [-0.2, 0) is 16.6 Å². The van der Waals surface area contributed by atoms with Crippen LogP contribution in [-0.4, -0.2) is 35.0 Å². The van der Waals surface area contributed by atoms with Gasteiger partial charge in [-0.15, -0.1) is 0 Å². The van der Waals surface area contributed by atoms with Gasteiger partial charge in [-0.3, -0.25) is 4.57 Å². The van der Waals surface area contributed by atoms with E-state index in [1.54, 1.807) is 30.6 Å². The highest BCUT2D eigenvalue weighted by Gasteiger charge is 2.19. The quantitative estimate of drug-likeness (QED) is 0.301. The van der Waals surface area contributed by atoms with E-state index in [0.29, 0.717) is 34.1 Å². The minimum atomic E-state index is -3.71. The highest BCUT2D eigenvalue weighted by Crippen LogP contribution is 2.31. The van der Waals surface area contributed by atoms with Gasteiger partial charge < -0.3 is 10.5 Å². The maximum Gasteiger partial charge on any atom is 0.241 e. The Morgan fingerprint density at radius 3 is 2.61 bits per heavy atom. The Bertz CT molecular complexity index is 1670. The van der Waals surface area contributed by atoms with Crippen molar-refractivity contribution in [1.82, 2.24) is 24.2 Å². The maximum absolute atomic E-state index is 12.7. The third kappa shape index (κ3) is 4.68. The molecule has 0 saturated heterocycles. The summed E-state index contributed by atoms with van der Waals surface area (Å²) in [5.41, 5.74) is 9.77. The maximum atomic E-state index is 12.7. The average Bonchev–Trinajstić information content (AvgIpc) is 3.26. The van der Waals surface area contributed by atoms with Crippen molar-refractivity contribution in [2.75, 3.05) is 12.8 Å². The van der Waals surface area contributed by atoms with Gasteiger partial charge in [-0.2, -0.15) is 0 Å². The van der Waals surface area contributed by atoms with Gasteiger partial charge in [-0.25, -0.2) is 28.1 Å². The van der Waals surface area contributed by atoms with Crippen LogP contribution >= 0.6 is 15.9 Å². The second kappa shape index (κ2) is 9.69. The van der Waals surface area contributed by atoms with Gasteiger partial charge in [0.05, 0.1) is 17.6 Å². The van der Waals surface area contributed by atoms with Gasteiger partial charge in [0.25, 0.3) is 0 Å². The van der Waals surface area contributed by atoms with Gasteiger partial charge in [0, 0.05) is 35.2 Å². The van der Waals surface area contributed by atoms with E-state index >= 15 is 0 Å². The number of nitrogens with zero attached hydrogens (tertiary/aromatic N) is 4. The van der Waals surface area contributed by atoms with Gasteiger partial charge in [-0.05, 0) is 64.0 Å². The van der Waals surface area contributed by atoms with E-state index in [-0.39, 0.29) is 11.4 Å². The standard InChI is InChI=1S/C25H21BrN6O3S/c1-35-19-4-2-5-20(13-19)36(33,34)30-14-16-7-9-18(10-8-16)32-24(21-6-3-11-28-23(21)27)31-22-12-17(26)15-29-25(22)32/h2-13,15,30H,14H2,1H3,(H2,27,28). The van der Waals surface area contributed by atoms with Gasteiger partial charge >= 0.3 is 0 Å². The third-order valence-electron chi connectivity index (χ3n) is 5.56. The summed E-state index contributed by atoms with van der Waals surface area (Å²) in [6.45, 7) is 0.123. The average molecular weight is 565 g/mol. The predicted molar refractivity (Wildman–Crippen MR) is 141 cm³/mol. The number of benzene rings is 2. The fourth-order valence-corrected chi connectivity index (χ4v) is 5.14. The molecule has 0 aliphatic heterocycles. The first kappa shape index (κ1) is 23.9. The molecule has 11 heteroatoms. The predicted octanol–water partition coefficient (Wildman–Crippen LogP) is 4.31. The molecular formula is C25H21BrN6O3S. The topological polar surface area (TPSA) is 125 Å². The molecule has 0 saturated carbocycles. The van der Waals surface area contributed by atoms with Crippen LogP contribution < -0.4 is 15.2 Å². The normalized spacial score (nSPS) is 11.6. The summed E-state index contributed by atoms with van der Waals surface area (Å²) in [5.74, 6) is 1.44. The van der Waals surface area contributed by atoms with Gasteiger partial charge in [0.1, 0.15) is 17.1 Å². The van der Waals surface area contributed by atoms with Gasteiger partial charge in [-0.1, -0.05) is 18.2 Å². The van der Waals surface area contributed by atoms with Crippen molar-refractivity contribution in [3.63, 3.8) is 0 Å². The molecule has 5 rings (SSSR count). The Hall–Kier alpha value is -3.80. The van der Waals surface area contributed by atoms with E-state index in [0.717, 1.165) is 15.7 Å². The highest BCUT2D eigenvalue weighted by molar-refractivity contribution is 9.10. The van der Waals surface area contributed by atoms with Crippen molar-refractivity contribution in [3.8, 4) is 22.8 Å². The van der Waals surface area contributed by atoms with Crippen molar-refractivity contribution in [2.45, 2.75) is 11.4 Å². The number of nitrogens with two attached hydrogens (primary N) is 1. The van der Waals surface area contributed by atoms with Crippen molar-refractivity contribution in [2.24, 2.45) is 0 Å². The number of hydrogen-bond acceptors (Lipinski definition) is 7. The Kier molecular flexibility index (Phi) is 6.44. The molecular weight excluding hydrogens is 544 g/mol. The zero-order valence-corrected chi connectivity index (χ0v) is 21.5. The highest BCUT2D eigenvalue weighted by atomic mass is 79.9. The lowest BCUT2D eigenvalue weighted by Crippen LogP contribution is -2.23. The van der Waals surface area contributed by atoms with Crippen LogP contribution in [0.25, 0.3) is 28.2 Å². The Morgan fingerprint density at radius 1 is 1.06 bits per heavy atom. The summed E-state index contributed by atoms with van der Waals surface area (Å²) in [6, 6.07) is 19.3. The molecule has 2 aromatic carbocycles. The zero-order valence-electron chi connectivity index (χ0n) is 19.1. The number of rotatable bonds is 7. The molecule has 0 unspecified atom stereocenters. The molecule has 3 N–H and O–H groups in total. The SMILES string of the molecule is COc1cccc(S(=O)(=O)NCc2ccc(-n3c(-c4cccnc4N)nc4cc(Br)cnc43)cc2)c1. The van der Waals surface area contributed by atoms with Crippen LogP contribution in [0.15, 0.2) is 88.5 Å². The van der Waals surface area contributed by atoms with Gasteiger partial charge in [0.15, 0.2) is 11.5 Å². The fraction of sp³-hybridized carbons (Fsp3) is 0.0800. The molecule has 0 aliphatic rings. The monoisotopic (exact) mass is 564 g/mol. The number of sulfonamides is 1. The van der Waals surface area contributed by atoms with E-state index in [2.05, 4.69) is 30.6 Å². The number of fused-ring (bicyclic) bond motifs is 1. The molecule has 0 spiro atoms. The number of nitrogens with one attached hydrogen (secondary N) is 1. The van der Waals surface area contributed by atoms with Crippen LogP contribution in [0.5, 0.6) is 5.75 Å². The number of pyridine rings is 2. The van der Waals surface area contributed by atoms with Crippen LogP contribution in [0.4, 0.5) is 5.82 Å². The Balaban J connectivity index is 1.47. The molecule has 9 nitrogen and oxygen atoms in total. The number of halogens is 1. The summed E-state index contributed by atoms with van der Waals surface area (Å²) in [4.78, 5) is 13.7. The summed E-state index contributed by atoms with van der Waals surface area (Å²) in [6.07, 6.45) is 3.33. The third-order valence-corrected chi connectivity index (χ3v) is 7.39. The molecule has 3 heterocycles. The Morgan fingerprint density at radius 2 is 1.86 bits per heavy atom. The fourth-order valence-electron chi connectivity index (χ4n) is 3.77. The number of ether oxygens (including phenoxy) is 1. The number of imidazole rings is 1. The van der Waals surface area contributed by atoms with E-state index < -0.39 is 10.0 Å². The largest absolute Gasteiger partial charge is 0.497 e. The number of methoxy groups -OCH3 is 1. The van der Waals surface area contributed by atoms with E-state index in [1.807, 2.05) is 41.0 Å². The van der Waals surface area contributed by atoms with E-state index in [4.69, 9.17) is 15.5 Å². The lowest BCUT2D eigenvalue weighted by Gasteiger charge is -2.12. The molecule has 0 atom stereocenters. The van der Waals surface area contributed by atoms with Crippen molar-refractivity contribution >= 4 is 42.9 Å². The molecule has 0 aliphatic carbocycles. The summed E-state index contributed by atoms with van der Waals surface area (Å²) in [7, 11) is -2.21. The smallest absolute Gasteiger partial charge is 0.241 e. The number of anilines is 1. The zero-order chi connectivity index (χ0) is 25.3. The molecule has 5 aromatic rings. The minimum absolute atomic E-state index is 0.123. The first-order chi connectivity index (χ1) is 17.4. The van der Waals surface area contributed by atoms with E-state index in [9.17, 15) is 8.42 Å². The van der Waals surface area contributed by atoms with E-state index in [1.165, 1.54) is 19.2 Å². The number of aromatic nitrogens is 4. The lowest BCUT2D eigenvalue weighted by molar-refractivity contribution is 0.413. The lowest BCUT2D eigenvalue weighted by atomic mass is 10.2. The molecule has 0 amide bonds. The first-order valence-corrected chi connectivity index (χ1v) is 13.1. The second-order valence-corrected chi connectivity index (χ2v) is 10.6. The number of nitrogen functional groups attached to an aromatic ring is 1. The molecule has 0 bridgehead atoms. The van der Waals surface area contributed by atoms with Crippen molar-refractivity contribution in [1.29, 1.82) is 0 Å². The summed E-state index contributed by atoms with van der Waals surface area (Å²) in [5, 5.41) is 0. The van der Waals surface area contributed by atoms with Crippen molar-refractivity contribution in [3.05, 3.63) is 89.2 Å². The van der Waals surface area contributed by atoms with Crippen LogP contribution in [0.3, 0.4) is 0 Å². The molecule has 36 heavy (non-hydrogen) atoms. The summed E-state index contributed by atoms with van der Waals surface area (Å²) < 4.78 is 35.9. The molecule has 0 fully saturated rings. The molecule has 0 radical (unpaired) electrons. The van der Waals surface area contributed by atoms with Gasteiger partial charge in [0.2, 0.25) is 10.0 Å². The number of hydrogen-bond donors (Lipinski definition) is 2. The summed E-state index contributed by atoms with van der Waals surface area (Å²) >= 11 is 3.45. The van der Waals surface area contributed by atoms with Crippen LogP contribution in [0.1, 0.15) is 5.56 Å². The first-order valence-electron chi connectivity index (χ1n) is 10.8. The van der Waals surface area contributed by atoms with Crippen LogP contribution in [0.2, 0.25) is 0 Å². The van der Waals surface area contributed by atoms with Crippen LogP contribution in [0, 0.1) is 0 Å².